The molecule has 0 aliphatic carbocycles. The molecule has 0 rings (SSSR count). The maximum Gasteiger partial charge on any atom is 0.472 e. The molecule has 0 heterocycles. The van der Waals surface area contributed by atoms with E-state index in [1.807, 2.05) is 0 Å². The number of phosphoric ester groups is 2. The van der Waals surface area contributed by atoms with Gasteiger partial charge < -0.3 is 33.8 Å². The first-order valence-electron chi connectivity index (χ1n) is 26.6. The first-order valence-corrected chi connectivity index (χ1v) is 29.6. The summed E-state index contributed by atoms with van der Waals surface area (Å²) in [6.07, 6.45) is 23.4. The van der Waals surface area contributed by atoms with Crippen LogP contribution in [-0.4, -0.2) is 96.7 Å². The van der Waals surface area contributed by atoms with Crippen LogP contribution in [0.5, 0.6) is 0 Å². The number of aliphatic hydroxyl groups is 1. The largest absolute Gasteiger partial charge is 0.472 e. The van der Waals surface area contributed by atoms with Gasteiger partial charge in [0.05, 0.1) is 26.4 Å². The van der Waals surface area contributed by atoms with E-state index in [4.69, 9.17) is 37.0 Å². The second-order valence-corrected chi connectivity index (χ2v) is 21.6. The lowest BCUT2D eigenvalue weighted by Gasteiger charge is -2.21. The summed E-state index contributed by atoms with van der Waals surface area (Å²) in [6.45, 7) is 6.83. The fourth-order valence-electron chi connectivity index (χ4n) is 7.11. The summed E-state index contributed by atoms with van der Waals surface area (Å²) in [4.78, 5) is 70.9. The Hall–Kier alpha value is -1.94. The van der Waals surface area contributed by atoms with E-state index in [1.165, 1.54) is 44.9 Å². The monoisotopic (exact) mass is 1030 g/mol. The molecule has 0 saturated carbocycles. The molecule has 0 amide bonds. The minimum absolute atomic E-state index is 0.0984. The Kier molecular flexibility index (Phi) is 43.5. The number of esters is 4. The first-order chi connectivity index (χ1) is 33.0. The van der Waals surface area contributed by atoms with Crippen molar-refractivity contribution in [1.29, 1.82) is 0 Å². The molecule has 0 bridgehead atoms. The van der Waals surface area contributed by atoms with Gasteiger partial charge in [0.25, 0.3) is 0 Å². The molecule has 0 spiro atoms. The minimum atomic E-state index is -4.92. The van der Waals surface area contributed by atoms with Gasteiger partial charge in [-0.05, 0) is 31.6 Å². The molecule has 0 aromatic heterocycles. The van der Waals surface area contributed by atoms with Crippen LogP contribution < -0.4 is 0 Å². The molecule has 0 aliphatic heterocycles. The maximum absolute atomic E-state index is 12.8. The van der Waals surface area contributed by atoms with Crippen LogP contribution in [0.15, 0.2) is 0 Å². The molecule has 2 unspecified atom stereocenters. The average molecular weight is 1030 g/mol. The normalized spacial score (nSPS) is 14.7. The van der Waals surface area contributed by atoms with Crippen LogP contribution in [-0.2, 0) is 65.4 Å². The number of aliphatic hydroxyl groups excluding tert-OH is 1. The van der Waals surface area contributed by atoms with Crippen molar-refractivity contribution in [1.82, 2.24) is 0 Å². The summed E-state index contributed by atoms with van der Waals surface area (Å²) in [5, 5.41) is 10.4. The lowest BCUT2D eigenvalue weighted by molar-refractivity contribution is -0.161. The fraction of sp³-hybridized carbons (Fsp3) is 0.920. The number of hydrogen-bond donors (Lipinski definition) is 3. The Balaban J connectivity index is 5.15. The summed E-state index contributed by atoms with van der Waals surface area (Å²) in [5.41, 5.74) is 0. The van der Waals surface area contributed by atoms with E-state index in [0.717, 1.165) is 109 Å². The van der Waals surface area contributed by atoms with Gasteiger partial charge in [-0.25, -0.2) is 9.13 Å². The Morgan fingerprint density at radius 2 is 0.667 bits per heavy atom. The predicted octanol–water partition coefficient (Wildman–Crippen LogP) is 12.3. The molecule has 0 saturated heterocycles. The van der Waals surface area contributed by atoms with Crippen LogP contribution in [0.4, 0.5) is 0 Å². The molecule has 0 aromatic rings. The van der Waals surface area contributed by atoms with E-state index in [2.05, 4.69) is 34.6 Å². The van der Waals surface area contributed by atoms with Crippen molar-refractivity contribution in [2.75, 3.05) is 39.6 Å². The van der Waals surface area contributed by atoms with Gasteiger partial charge in [0.15, 0.2) is 12.2 Å². The number of phosphoric acid groups is 2. The van der Waals surface area contributed by atoms with Gasteiger partial charge in [-0.1, -0.05) is 182 Å². The second-order valence-electron chi connectivity index (χ2n) is 18.7. The number of rotatable bonds is 50. The van der Waals surface area contributed by atoms with Gasteiger partial charge in [0.1, 0.15) is 19.3 Å². The van der Waals surface area contributed by atoms with Gasteiger partial charge in [-0.15, -0.1) is 0 Å². The average Bonchev–Trinajstić information content (AvgIpc) is 3.30. The number of ether oxygens (including phenoxy) is 4. The van der Waals surface area contributed by atoms with Crippen molar-refractivity contribution in [3.8, 4) is 0 Å². The number of hydrogen-bond acceptors (Lipinski definition) is 15. The molecular weight excluding hydrogens is 934 g/mol. The van der Waals surface area contributed by atoms with Crippen LogP contribution in [0.2, 0.25) is 0 Å². The highest BCUT2D eigenvalue weighted by molar-refractivity contribution is 7.47. The molecular formula is C50H96O17P2. The van der Waals surface area contributed by atoms with Crippen molar-refractivity contribution >= 4 is 39.5 Å². The van der Waals surface area contributed by atoms with Crippen molar-refractivity contribution in [3.05, 3.63) is 0 Å². The van der Waals surface area contributed by atoms with Crippen LogP contribution in [0.1, 0.15) is 234 Å². The number of carbonyl (C=O) groups excluding carboxylic acids is 4. The zero-order valence-electron chi connectivity index (χ0n) is 43.4. The summed E-state index contributed by atoms with van der Waals surface area (Å²) < 4.78 is 66.9. The SMILES string of the molecule is CCCCCCCCCCC(=O)OC[C@H](COP(=O)(O)OC[C@@H](O)COP(=O)(O)OC[C@@H](COC(=O)CCCCCCC)OC(=O)CCCCCCC)OC(=O)CCCCCCCCCCC(C)C. The highest BCUT2D eigenvalue weighted by Gasteiger charge is 2.30. The molecule has 19 heteroatoms. The van der Waals surface area contributed by atoms with Crippen LogP contribution in [0.3, 0.4) is 0 Å². The van der Waals surface area contributed by atoms with E-state index in [1.54, 1.807) is 0 Å². The summed E-state index contributed by atoms with van der Waals surface area (Å²) >= 11 is 0. The fourth-order valence-corrected chi connectivity index (χ4v) is 8.69. The third-order valence-electron chi connectivity index (χ3n) is 11.3. The van der Waals surface area contributed by atoms with E-state index < -0.39 is 97.5 Å². The molecule has 0 fully saturated rings. The van der Waals surface area contributed by atoms with Gasteiger partial charge in [0, 0.05) is 25.7 Å². The Labute approximate surface area is 416 Å². The molecule has 0 aromatic carbocycles. The van der Waals surface area contributed by atoms with Crippen LogP contribution >= 0.6 is 15.6 Å². The Bertz CT molecular complexity index is 1380. The third kappa shape index (κ3) is 45.7. The highest BCUT2D eigenvalue weighted by Crippen LogP contribution is 2.45. The lowest BCUT2D eigenvalue weighted by Crippen LogP contribution is -2.30. The maximum atomic E-state index is 12.8. The molecule has 408 valence electrons. The number of carbonyl (C=O) groups is 4. The highest BCUT2D eigenvalue weighted by atomic mass is 31.2. The van der Waals surface area contributed by atoms with Gasteiger partial charge in [0.2, 0.25) is 0 Å². The molecule has 0 radical (unpaired) electrons. The Morgan fingerprint density at radius 1 is 0.391 bits per heavy atom. The Morgan fingerprint density at radius 3 is 0.986 bits per heavy atom. The standard InChI is InChI=1S/C50H96O17P2/c1-6-9-12-15-16-20-25-29-34-48(53)61-40-46(67-50(55)36-31-26-21-18-17-19-24-27-32-43(4)5)42-65-69(58,59)63-38-44(51)37-62-68(56,57)64-41-45(66-49(54)35-30-23-14-11-8-3)39-60-47(52)33-28-22-13-10-7-2/h43-46,51H,6-42H2,1-5H3,(H,56,57)(H,58,59)/t44-,45+,46+/m0/s1. The van der Waals surface area contributed by atoms with Crippen LogP contribution in [0.25, 0.3) is 0 Å². The van der Waals surface area contributed by atoms with Crippen LogP contribution in [0, 0.1) is 5.92 Å². The first kappa shape index (κ1) is 67.1. The summed E-state index contributed by atoms with van der Waals surface area (Å²) in [6, 6.07) is 0. The zero-order valence-corrected chi connectivity index (χ0v) is 45.2. The molecule has 0 aliphatic rings. The van der Waals surface area contributed by atoms with E-state index in [-0.39, 0.29) is 25.7 Å². The summed E-state index contributed by atoms with van der Waals surface area (Å²) in [5.74, 6) is -1.46. The van der Waals surface area contributed by atoms with Crippen molar-refractivity contribution in [2.24, 2.45) is 5.92 Å². The van der Waals surface area contributed by atoms with E-state index in [0.29, 0.717) is 25.7 Å². The van der Waals surface area contributed by atoms with Gasteiger partial charge >= 0.3 is 39.5 Å². The molecule has 3 N–H and O–H groups in total. The lowest BCUT2D eigenvalue weighted by atomic mass is 10.0. The minimum Gasteiger partial charge on any atom is -0.462 e. The molecule has 17 nitrogen and oxygen atoms in total. The quantitative estimate of drug-likeness (QED) is 0.0222. The molecule has 69 heavy (non-hydrogen) atoms. The topological polar surface area (TPSA) is 237 Å². The van der Waals surface area contributed by atoms with Crippen molar-refractivity contribution < 1.29 is 80.2 Å². The predicted molar refractivity (Wildman–Crippen MR) is 266 cm³/mol. The van der Waals surface area contributed by atoms with Gasteiger partial charge in [-0.2, -0.15) is 0 Å². The molecule has 5 atom stereocenters. The summed E-state index contributed by atoms with van der Waals surface area (Å²) in [7, 11) is -9.84. The second kappa shape index (κ2) is 44.7. The third-order valence-corrected chi connectivity index (χ3v) is 13.2. The van der Waals surface area contributed by atoms with Gasteiger partial charge in [-0.3, -0.25) is 37.3 Å². The zero-order chi connectivity index (χ0) is 51.4. The van der Waals surface area contributed by atoms with Crippen molar-refractivity contribution in [2.45, 2.75) is 252 Å². The van der Waals surface area contributed by atoms with E-state index >= 15 is 0 Å². The smallest absolute Gasteiger partial charge is 0.462 e. The number of unbranched alkanes of at least 4 members (excludes halogenated alkanes) is 22. The van der Waals surface area contributed by atoms with E-state index in [9.17, 15) is 43.2 Å². The van der Waals surface area contributed by atoms with Crippen molar-refractivity contribution in [3.63, 3.8) is 0 Å².